The van der Waals surface area contributed by atoms with Crippen LogP contribution in [0.5, 0.6) is 0 Å². The molecule has 2 nitrogen and oxygen atoms in total. The van der Waals surface area contributed by atoms with Gasteiger partial charge in [0.15, 0.2) is 5.78 Å². The average Bonchev–Trinajstić information content (AvgIpc) is 2.42. The standard InChI is InChI=1S/C16H14ClFO2/c1-10(19)11-3-5-14(13(7-11)9-20-2)12-4-6-16(18)15(17)8-12/h3-8H,9H2,1-2H3. The molecule has 20 heavy (non-hydrogen) atoms. The topological polar surface area (TPSA) is 26.3 Å². The third-order valence-electron chi connectivity index (χ3n) is 3.04. The lowest BCUT2D eigenvalue weighted by Gasteiger charge is -2.11. The Kier molecular flexibility index (Phi) is 4.53. The van der Waals surface area contributed by atoms with Crippen molar-refractivity contribution in [3.63, 3.8) is 0 Å². The lowest BCUT2D eigenvalue weighted by molar-refractivity contribution is 0.101. The maximum Gasteiger partial charge on any atom is 0.159 e. The first kappa shape index (κ1) is 14.7. The number of ether oxygens (including phenoxy) is 1. The van der Waals surface area contributed by atoms with Gasteiger partial charge in [0.25, 0.3) is 0 Å². The highest BCUT2D eigenvalue weighted by Gasteiger charge is 2.10. The largest absolute Gasteiger partial charge is 0.380 e. The van der Waals surface area contributed by atoms with Gasteiger partial charge >= 0.3 is 0 Å². The zero-order chi connectivity index (χ0) is 14.7. The van der Waals surface area contributed by atoms with Crippen molar-refractivity contribution in [1.29, 1.82) is 0 Å². The molecule has 0 saturated carbocycles. The van der Waals surface area contributed by atoms with E-state index in [4.69, 9.17) is 16.3 Å². The minimum absolute atomic E-state index is 0.00829. The minimum atomic E-state index is -0.455. The van der Waals surface area contributed by atoms with Crippen molar-refractivity contribution in [3.05, 3.63) is 58.4 Å². The number of methoxy groups -OCH3 is 1. The van der Waals surface area contributed by atoms with E-state index >= 15 is 0 Å². The maximum atomic E-state index is 13.2. The van der Waals surface area contributed by atoms with Crippen LogP contribution in [-0.2, 0) is 11.3 Å². The molecule has 0 unspecified atom stereocenters. The third kappa shape index (κ3) is 3.06. The summed E-state index contributed by atoms with van der Waals surface area (Å²) in [6.45, 7) is 1.88. The van der Waals surface area contributed by atoms with E-state index in [0.29, 0.717) is 12.2 Å². The number of ketones is 1. The van der Waals surface area contributed by atoms with Crippen LogP contribution in [0.1, 0.15) is 22.8 Å². The van der Waals surface area contributed by atoms with E-state index in [2.05, 4.69) is 0 Å². The van der Waals surface area contributed by atoms with Crippen molar-refractivity contribution >= 4 is 17.4 Å². The Bertz CT molecular complexity index is 653. The first-order valence-corrected chi connectivity index (χ1v) is 6.49. The van der Waals surface area contributed by atoms with Crippen LogP contribution in [0.15, 0.2) is 36.4 Å². The molecule has 104 valence electrons. The van der Waals surface area contributed by atoms with Crippen LogP contribution in [0.2, 0.25) is 5.02 Å². The molecule has 0 spiro atoms. The quantitative estimate of drug-likeness (QED) is 0.776. The molecule has 0 atom stereocenters. The fraction of sp³-hybridized carbons (Fsp3) is 0.188. The Morgan fingerprint density at radius 3 is 2.60 bits per heavy atom. The Morgan fingerprint density at radius 1 is 1.25 bits per heavy atom. The summed E-state index contributed by atoms with van der Waals surface area (Å²) in [5, 5.41) is 0.0708. The van der Waals surface area contributed by atoms with Crippen molar-refractivity contribution in [2.75, 3.05) is 7.11 Å². The molecule has 2 aromatic rings. The van der Waals surface area contributed by atoms with Crippen LogP contribution in [0.3, 0.4) is 0 Å². The predicted molar refractivity (Wildman–Crippen MR) is 77.6 cm³/mol. The summed E-state index contributed by atoms with van der Waals surface area (Å²) in [4.78, 5) is 11.4. The summed E-state index contributed by atoms with van der Waals surface area (Å²) >= 11 is 5.81. The molecule has 0 fully saturated rings. The number of halogens is 2. The molecule has 0 heterocycles. The highest BCUT2D eigenvalue weighted by Crippen LogP contribution is 2.29. The van der Waals surface area contributed by atoms with Crippen molar-refractivity contribution in [3.8, 4) is 11.1 Å². The number of carbonyl (C=O) groups excluding carboxylic acids is 1. The van der Waals surface area contributed by atoms with Gasteiger partial charge in [-0.25, -0.2) is 4.39 Å². The molecule has 4 heteroatoms. The zero-order valence-electron chi connectivity index (χ0n) is 11.2. The molecule has 0 aliphatic rings. The van der Waals surface area contributed by atoms with Gasteiger partial charge in [-0.2, -0.15) is 0 Å². The fourth-order valence-corrected chi connectivity index (χ4v) is 2.21. The van der Waals surface area contributed by atoms with Crippen LogP contribution in [0.25, 0.3) is 11.1 Å². The Balaban J connectivity index is 2.54. The lowest BCUT2D eigenvalue weighted by Crippen LogP contribution is -1.98. The van der Waals surface area contributed by atoms with Gasteiger partial charge in [-0.1, -0.05) is 29.8 Å². The van der Waals surface area contributed by atoms with Crippen LogP contribution >= 0.6 is 11.6 Å². The van der Waals surface area contributed by atoms with Gasteiger partial charge in [-0.05, 0) is 41.8 Å². The smallest absolute Gasteiger partial charge is 0.159 e. The highest BCUT2D eigenvalue weighted by atomic mass is 35.5. The van der Waals surface area contributed by atoms with Crippen LogP contribution in [0, 0.1) is 5.82 Å². The van der Waals surface area contributed by atoms with Gasteiger partial charge in [0.05, 0.1) is 11.6 Å². The Morgan fingerprint density at radius 2 is 2.00 bits per heavy atom. The summed E-state index contributed by atoms with van der Waals surface area (Å²) < 4.78 is 18.4. The van der Waals surface area contributed by atoms with E-state index in [-0.39, 0.29) is 10.8 Å². The number of hydrogen-bond donors (Lipinski definition) is 0. The van der Waals surface area contributed by atoms with Crippen molar-refractivity contribution < 1.29 is 13.9 Å². The van der Waals surface area contributed by atoms with Gasteiger partial charge in [-0.3, -0.25) is 4.79 Å². The molecule has 0 amide bonds. The SMILES string of the molecule is COCc1cc(C(C)=O)ccc1-c1ccc(F)c(Cl)c1. The van der Waals surface area contributed by atoms with Crippen molar-refractivity contribution in [2.45, 2.75) is 13.5 Å². The van der Waals surface area contributed by atoms with Crippen LogP contribution in [0.4, 0.5) is 4.39 Å². The molecule has 0 N–H and O–H groups in total. The van der Waals surface area contributed by atoms with E-state index in [1.165, 1.54) is 13.0 Å². The molecular weight excluding hydrogens is 279 g/mol. The normalized spacial score (nSPS) is 10.6. The number of rotatable bonds is 4. The van der Waals surface area contributed by atoms with Crippen LogP contribution < -0.4 is 0 Å². The van der Waals surface area contributed by atoms with Gasteiger partial charge in [0.2, 0.25) is 0 Å². The molecule has 0 saturated heterocycles. The highest BCUT2D eigenvalue weighted by molar-refractivity contribution is 6.31. The molecule has 2 rings (SSSR count). The fourth-order valence-electron chi connectivity index (χ4n) is 2.03. The molecular formula is C16H14ClFO2. The number of hydrogen-bond acceptors (Lipinski definition) is 2. The Hall–Kier alpha value is -1.71. The van der Waals surface area contributed by atoms with E-state index in [1.807, 2.05) is 6.07 Å². The monoisotopic (exact) mass is 292 g/mol. The molecule has 0 bridgehead atoms. The maximum absolute atomic E-state index is 13.2. The van der Waals surface area contributed by atoms with E-state index in [1.54, 1.807) is 31.4 Å². The zero-order valence-corrected chi connectivity index (χ0v) is 12.0. The van der Waals surface area contributed by atoms with E-state index < -0.39 is 5.82 Å². The van der Waals surface area contributed by atoms with Crippen molar-refractivity contribution in [2.24, 2.45) is 0 Å². The summed E-state index contributed by atoms with van der Waals surface area (Å²) in [7, 11) is 1.59. The van der Waals surface area contributed by atoms with Gasteiger partial charge < -0.3 is 4.74 Å². The van der Waals surface area contributed by atoms with Gasteiger partial charge in [0.1, 0.15) is 5.82 Å². The molecule has 0 aromatic heterocycles. The number of benzene rings is 2. The van der Waals surface area contributed by atoms with Gasteiger partial charge in [-0.15, -0.1) is 0 Å². The molecule has 0 radical (unpaired) electrons. The number of carbonyl (C=O) groups is 1. The van der Waals surface area contributed by atoms with E-state index in [0.717, 1.165) is 16.7 Å². The average molecular weight is 293 g/mol. The second-order valence-electron chi connectivity index (χ2n) is 4.49. The summed E-state index contributed by atoms with van der Waals surface area (Å²) in [5.74, 6) is -0.463. The molecule has 0 aliphatic heterocycles. The summed E-state index contributed by atoms with van der Waals surface area (Å²) in [6, 6.07) is 9.91. The minimum Gasteiger partial charge on any atom is -0.380 e. The second kappa shape index (κ2) is 6.16. The second-order valence-corrected chi connectivity index (χ2v) is 4.90. The van der Waals surface area contributed by atoms with E-state index in [9.17, 15) is 9.18 Å². The van der Waals surface area contributed by atoms with Crippen LogP contribution in [-0.4, -0.2) is 12.9 Å². The predicted octanol–water partition coefficient (Wildman–Crippen LogP) is 4.50. The molecule has 0 aliphatic carbocycles. The number of Topliss-reactive ketones (excluding diaryl/α,β-unsaturated/α-hetero) is 1. The molecule has 2 aromatic carbocycles. The van der Waals surface area contributed by atoms with Gasteiger partial charge in [0, 0.05) is 12.7 Å². The Labute approximate surface area is 122 Å². The van der Waals surface area contributed by atoms with Crippen molar-refractivity contribution in [1.82, 2.24) is 0 Å². The first-order valence-electron chi connectivity index (χ1n) is 6.11. The summed E-state index contributed by atoms with van der Waals surface area (Å²) in [5.41, 5.74) is 3.15. The third-order valence-corrected chi connectivity index (χ3v) is 3.33. The first-order chi connectivity index (χ1) is 9.52. The summed E-state index contributed by atoms with van der Waals surface area (Å²) in [6.07, 6.45) is 0. The lowest BCUT2D eigenvalue weighted by atomic mass is 9.97.